The molecule has 2 fully saturated rings. The Bertz CT molecular complexity index is 1230. The number of fused-ring (bicyclic) bond motifs is 1. The number of likely N-dealkylation sites (tertiary alicyclic amines) is 1. The van der Waals surface area contributed by atoms with Crippen molar-refractivity contribution in [2.45, 2.75) is 37.0 Å². The molecule has 1 aromatic carbocycles. The SMILES string of the molecule is CN(c1ccc(OC2CCN(C(=O)c3cccc4[nH]ccc34)CC2)nc1)S(=O)(=O)C1CC1. The summed E-state index contributed by atoms with van der Waals surface area (Å²) in [5.41, 5.74) is 2.20. The van der Waals surface area contributed by atoms with Gasteiger partial charge in [0, 0.05) is 61.7 Å². The van der Waals surface area contributed by atoms with Crippen LogP contribution in [0.5, 0.6) is 5.88 Å². The minimum Gasteiger partial charge on any atom is -0.474 e. The first-order chi connectivity index (χ1) is 15.4. The molecule has 1 saturated heterocycles. The normalized spacial score (nSPS) is 17.5. The van der Waals surface area contributed by atoms with Crippen molar-refractivity contribution >= 4 is 32.5 Å². The van der Waals surface area contributed by atoms with E-state index in [1.807, 2.05) is 35.4 Å². The third-order valence-corrected chi connectivity index (χ3v) is 8.54. The topological polar surface area (TPSA) is 95.6 Å². The van der Waals surface area contributed by atoms with Crippen LogP contribution in [0, 0.1) is 0 Å². The Morgan fingerprint density at radius 3 is 2.59 bits per heavy atom. The Morgan fingerprint density at radius 1 is 1.12 bits per heavy atom. The molecule has 9 heteroatoms. The van der Waals surface area contributed by atoms with E-state index in [0.717, 1.165) is 23.7 Å². The van der Waals surface area contributed by atoms with Gasteiger partial charge in [-0.05, 0) is 37.1 Å². The van der Waals surface area contributed by atoms with Crippen LogP contribution >= 0.6 is 0 Å². The first kappa shape index (κ1) is 20.8. The second kappa shape index (κ2) is 8.12. The van der Waals surface area contributed by atoms with Crippen LogP contribution in [0.2, 0.25) is 0 Å². The lowest BCUT2D eigenvalue weighted by molar-refractivity contribution is 0.0589. The number of amides is 1. The van der Waals surface area contributed by atoms with E-state index in [9.17, 15) is 13.2 Å². The zero-order valence-corrected chi connectivity index (χ0v) is 18.7. The molecular weight excluding hydrogens is 428 g/mol. The Labute approximate surface area is 187 Å². The molecule has 32 heavy (non-hydrogen) atoms. The standard InChI is InChI=1S/C23H26N4O4S/c1-26(32(29,30)18-6-7-18)16-5-8-22(25-15-16)31-17-10-13-27(14-11-17)23(28)20-3-2-4-21-19(20)9-12-24-21/h2-5,8-9,12,15,17-18,24H,6-7,10-11,13-14H2,1H3. The number of piperidine rings is 1. The number of nitrogens with zero attached hydrogens (tertiary/aromatic N) is 3. The van der Waals surface area contributed by atoms with E-state index in [2.05, 4.69) is 9.97 Å². The first-order valence-corrected chi connectivity index (χ1v) is 12.4. The fourth-order valence-corrected chi connectivity index (χ4v) is 5.74. The summed E-state index contributed by atoms with van der Waals surface area (Å²) in [5, 5.41) is 0.675. The maximum Gasteiger partial charge on any atom is 0.254 e. The second-order valence-corrected chi connectivity index (χ2v) is 10.7. The lowest BCUT2D eigenvalue weighted by Crippen LogP contribution is -2.41. The van der Waals surface area contributed by atoms with Crippen molar-refractivity contribution < 1.29 is 17.9 Å². The van der Waals surface area contributed by atoms with Crippen molar-refractivity contribution in [1.29, 1.82) is 0 Å². The molecular formula is C23H26N4O4S. The monoisotopic (exact) mass is 454 g/mol. The van der Waals surface area contributed by atoms with Crippen LogP contribution in [0.4, 0.5) is 5.69 Å². The molecule has 0 radical (unpaired) electrons. The van der Waals surface area contributed by atoms with Crippen LogP contribution in [-0.2, 0) is 10.0 Å². The van der Waals surface area contributed by atoms with Gasteiger partial charge >= 0.3 is 0 Å². The van der Waals surface area contributed by atoms with Crippen molar-refractivity contribution in [3.63, 3.8) is 0 Å². The molecule has 0 atom stereocenters. The van der Waals surface area contributed by atoms with Crippen LogP contribution < -0.4 is 9.04 Å². The summed E-state index contributed by atoms with van der Waals surface area (Å²) in [4.78, 5) is 22.3. The fourth-order valence-electron chi connectivity index (χ4n) is 4.15. The average molecular weight is 455 g/mol. The zero-order chi connectivity index (χ0) is 22.3. The Kier molecular flexibility index (Phi) is 5.28. The molecule has 0 unspecified atom stereocenters. The largest absolute Gasteiger partial charge is 0.474 e. The van der Waals surface area contributed by atoms with E-state index in [0.29, 0.717) is 43.1 Å². The molecule has 0 bridgehead atoms. The number of carbonyl (C=O) groups excluding carboxylic acids is 1. The summed E-state index contributed by atoms with van der Waals surface area (Å²) in [6.45, 7) is 1.23. The molecule has 0 spiro atoms. The number of benzene rings is 1. The molecule has 2 aliphatic rings. The highest BCUT2D eigenvalue weighted by molar-refractivity contribution is 7.93. The molecule has 1 aliphatic heterocycles. The number of anilines is 1. The van der Waals surface area contributed by atoms with E-state index < -0.39 is 10.0 Å². The van der Waals surface area contributed by atoms with Gasteiger partial charge < -0.3 is 14.6 Å². The van der Waals surface area contributed by atoms with E-state index in [1.165, 1.54) is 10.5 Å². The van der Waals surface area contributed by atoms with Gasteiger partial charge in [-0.3, -0.25) is 9.10 Å². The zero-order valence-electron chi connectivity index (χ0n) is 17.9. The van der Waals surface area contributed by atoms with E-state index in [4.69, 9.17) is 4.74 Å². The number of hydrogen-bond donors (Lipinski definition) is 1. The van der Waals surface area contributed by atoms with Crippen molar-refractivity contribution in [3.8, 4) is 5.88 Å². The number of pyridine rings is 1. The van der Waals surface area contributed by atoms with Gasteiger partial charge in [-0.15, -0.1) is 0 Å². The molecule has 2 aromatic heterocycles. The van der Waals surface area contributed by atoms with Crippen LogP contribution in [0.15, 0.2) is 48.8 Å². The number of aromatic amines is 1. The summed E-state index contributed by atoms with van der Waals surface area (Å²) < 4.78 is 32.1. The lowest BCUT2D eigenvalue weighted by atomic mass is 10.0. The van der Waals surface area contributed by atoms with Gasteiger partial charge in [0.15, 0.2) is 0 Å². The van der Waals surface area contributed by atoms with Gasteiger partial charge in [-0.25, -0.2) is 13.4 Å². The van der Waals surface area contributed by atoms with Gasteiger partial charge in [0.1, 0.15) is 6.10 Å². The molecule has 3 aromatic rings. The smallest absolute Gasteiger partial charge is 0.254 e. The van der Waals surface area contributed by atoms with Crippen LogP contribution in [0.3, 0.4) is 0 Å². The number of aromatic nitrogens is 2. The molecule has 1 amide bonds. The van der Waals surface area contributed by atoms with Gasteiger partial charge in [-0.1, -0.05) is 6.07 Å². The third kappa shape index (κ3) is 3.92. The van der Waals surface area contributed by atoms with Gasteiger partial charge in [0.25, 0.3) is 5.91 Å². The molecule has 168 valence electrons. The number of ether oxygens (including phenoxy) is 1. The predicted molar refractivity (Wildman–Crippen MR) is 122 cm³/mol. The predicted octanol–water partition coefficient (Wildman–Crippen LogP) is 3.17. The quantitative estimate of drug-likeness (QED) is 0.617. The number of rotatable bonds is 6. The van der Waals surface area contributed by atoms with Gasteiger partial charge in [0.05, 0.1) is 17.1 Å². The summed E-state index contributed by atoms with van der Waals surface area (Å²) in [5.74, 6) is 0.504. The van der Waals surface area contributed by atoms with Gasteiger partial charge in [0.2, 0.25) is 15.9 Å². The Hall–Kier alpha value is -3.07. The highest BCUT2D eigenvalue weighted by atomic mass is 32.2. The van der Waals surface area contributed by atoms with Crippen molar-refractivity contribution in [2.24, 2.45) is 0 Å². The molecule has 1 saturated carbocycles. The maximum atomic E-state index is 13.0. The van der Waals surface area contributed by atoms with Crippen LogP contribution in [0.1, 0.15) is 36.0 Å². The number of H-pyrrole nitrogens is 1. The summed E-state index contributed by atoms with van der Waals surface area (Å²) in [6.07, 6.45) is 6.23. The average Bonchev–Trinajstić information content (AvgIpc) is 3.57. The van der Waals surface area contributed by atoms with E-state index in [-0.39, 0.29) is 17.3 Å². The first-order valence-electron chi connectivity index (χ1n) is 10.9. The molecule has 3 heterocycles. The highest BCUT2D eigenvalue weighted by Gasteiger charge is 2.39. The number of nitrogens with one attached hydrogen (secondary N) is 1. The number of sulfonamides is 1. The van der Waals surface area contributed by atoms with Crippen molar-refractivity contribution in [1.82, 2.24) is 14.9 Å². The Morgan fingerprint density at radius 2 is 1.91 bits per heavy atom. The fraction of sp³-hybridized carbons (Fsp3) is 0.391. The van der Waals surface area contributed by atoms with E-state index >= 15 is 0 Å². The van der Waals surface area contributed by atoms with Gasteiger partial charge in [-0.2, -0.15) is 0 Å². The van der Waals surface area contributed by atoms with Crippen molar-refractivity contribution in [3.05, 3.63) is 54.4 Å². The summed E-state index contributed by atoms with van der Waals surface area (Å²) in [6, 6.07) is 11.1. The minimum absolute atomic E-state index is 0.0339. The second-order valence-electron chi connectivity index (χ2n) is 8.42. The Balaban J connectivity index is 1.18. The minimum atomic E-state index is -3.29. The third-order valence-electron chi connectivity index (χ3n) is 6.25. The van der Waals surface area contributed by atoms with Crippen molar-refractivity contribution in [2.75, 3.05) is 24.4 Å². The van der Waals surface area contributed by atoms with E-state index in [1.54, 1.807) is 19.2 Å². The van der Waals surface area contributed by atoms with Crippen LogP contribution in [-0.4, -0.2) is 60.7 Å². The van der Waals surface area contributed by atoms with Crippen LogP contribution in [0.25, 0.3) is 10.9 Å². The molecule has 8 nitrogen and oxygen atoms in total. The number of carbonyl (C=O) groups is 1. The molecule has 1 N–H and O–H groups in total. The number of hydrogen-bond acceptors (Lipinski definition) is 5. The summed E-state index contributed by atoms with van der Waals surface area (Å²) in [7, 11) is -1.73. The summed E-state index contributed by atoms with van der Waals surface area (Å²) >= 11 is 0. The highest BCUT2D eigenvalue weighted by Crippen LogP contribution is 2.33. The molecule has 5 rings (SSSR count). The molecule has 1 aliphatic carbocycles. The maximum absolute atomic E-state index is 13.0. The lowest BCUT2D eigenvalue weighted by Gasteiger charge is -2.32.